The Morgan fingerprint density at radius 1 is 0.350 bits per heavy atom. The Labute approximate surface area is 746 Å². The number of anilines is 4. The highest BCUT2D eigenvalue weighted by Crippen LogP contribution is 2.46. The molecule has 0 spiro atoms. The van der Waals surface area contributed by atoms with E-state index < -0.39 is 0 Å². The molecule has 5 fully saturated rings. The molecule has 9 aliphatic rings. The third-order valence-corrected chi connectivity index (χ3v) is 26.6. The minimum Gasteiger partial charge on any atom is -0.368 e. The number of fused-ring (bicyclic) bond motifs is 4. The zero-order chi connectivity index (χ0) is 86.6. The van der Waals surface area contributed by atoms with Crippen LogP contribution in [0.25, 0.3) is 0 Å². The Bertz CT molecular complexity index is 4520. The second kappa shape index (κ2) is 41.7. The summed E-state index contributed by atoms with van der Waals surface area (Å²) in [6.07, 6.45) is 11.8. The Hall–Kier alpha value is -8.56. The van der Waals surface area contributed by atoms with E-state index in [-0.39, 0.29) is 65.3 Å². The maximum absolute atomic E-state index is 13.7. The smallest absolute Gasteiger partial charge is 0.233 e. The molecule has 0 radical (unpaired) electrons. The van der Waals surface area contributed by atoms with Gasteiger partial charge in [0.1, 0.15) is 0 Å². The van der Waals surface area contributed by atoms with Crippen molar-refractivity contribution in [3.8, 4) is 0 Å². The first-order chi connectivity index (χ1) is 59.4. The number of nitrogens with one attached hydrogen (secondary N) is 3. The van der Waals surface area contributed by atoms with E-state index in [1.54, 1.807) is 0 Å². The van der Waals surface area contributed by atoms with E-state index in [2.05, 4.69) is 154 Å². The van der Waals surface area contributed by atoms with Crippen molar-refractivity contribution in [1.29, 1.82) is 0 Å². The fraction of sp³-hybridized carbons (Fsp3) is 0.500. The van der Waals surface area contributed by atoms with Crippen molar-refractivity contribution >= 4 is 92.8 Å². The van der Waals surface area contributed by atoms with Gasteiger partial charge < -0.3 is 74.1 Å². The van der Waals surface area contributed by atoms with Crippen LogP contribution in [-0.4, -0.2) is 206 Å². The molecular formula is C96H121Cl4N15O8. The summed E-state index contributed by atoms with van der Waals surface area (Å²) in [6.45, 7) is 37.3. The fourth-order valence-electron chi connectivity index (χ4n) is 18.7. The number of halogens is 4. The number of benzene rings is 4. The van der Waals surface area contributed by atoms with Crippen molar-refractivity contribution < 1.29 is 38.1 Å². The van der Waals surface area contributed by atoms with Gasteiger partial charge in [-0.25, -0.2) is 0 Å². The molecule has 7 atom stereocenters. The maximum atomic E-state index is 13.7. The predicted octanol–water partition coefficient (Wildman–Crippen LogP) is 15.8. The molecule has 1 aliphatic carbocycles. The van der Waals surface area contributed by atoms with Gasteiger partial charge in [0, 0.05) is 232 Å². The fourth-order valence-corrected chi connectivity index (χ4v) is 19.2. The summed E-state index contributed by atoms with van der Waals surface area (Å²) in [5, 5.41) is 13.1. The van der Waals surface area contributed by atoms with Crippen molar-refractivity contribution in [3.05, 3.63) is 233 Å². The molecule has 123 heavy (non-hydrogen) atoms. The van der Waals surface area contributed by atoms with Gasteiger partial charge in [0.15, 0.2) is 0 Å². The highest BCUT2D eigenvalue weighted by atomic mass is 35.5. The largest absolute Gasteiger partial charge is 0.368 e. The third-order valence-electron chi connectivity index (χ3n) is 25.6. The van der Waals surface area contributed by atoms with Crippen LogP contribution < -0.4 is 35.6 Å². The molecule has 656 valence electrons. The van der Waals surface area contributed by atoms with Crippen LogP contribution in [0.2, 0.25) is 20.1 Å². The molecule has 4 aromatic heterocycles. The molecule has 0 unspecified atom stereocenters. The summed E-state index contributed by atoms with van der Waals surface area (Å²) in [6, 6.07) is 40.1. The van der Waals surface area contributed by atoms with Crippen LogP contribution in [0, 0.1) is 0 Å². The lowest BCUT2D eigenvalue weighted by Gasteiger charge is -2.41. The van der Waals surface area contributed by atoms with Crippen LogP contribution in [-0.2, 0) is 70.0 Å². The normalized spacial score (nSPS) is 20.4. The highest BCUT2D eigenvalue weighted by molar-refractivity contribution is 6.31. The number of aromatic nitrogens is 4. The summed E-state index contributed by atoms with van der Waals surface area (Å²) >= 11 is 24.3. The molecule has 17 rings (SSSR count). The summed E-state index contributed by atoms with van der Waals surface area (Å²) < 4.78 is 23.1. The standard InChI is InChI=1S/3C24H31ClN4O2.C24H28ClN3O2/c3*1-16(2)27-14-20(18-4-6-19(25)7-5-18)24(30)29-12-10-28(11-13-29)22-8-9-26-21-15-31-17(3)23(21)22;1-17-22-20(16-30-17)26-11-8-21(22)27-12-14-28(15-13-27)23(29)24(9-2-3-10-24)18-4-6-19(25)7-5-18/h3*4-9,16-17,20,27H,10-15H2,1-3H3;4-8,11,17H,2-3,9-10,12-16H2,1H3/t2*17-,20+;17-,20-;17-/m1010/s1. The van der Waals surface area contributed by atoms with Crippen molar-refractivity contribution in [1.82, 2.24) is 55.5 Å². The monoisotopic (exact) mass is 1750 g/mol. The van der Waals surface area contributed by atoms with Crippen LogP contribution in [0.3, 0.4) is 0 Å². The number of carbonyl (C=O) groups excluding carboxylic acids is 4. The minimum absolute atomic E-state index is 0.0646. The molecular weight excluding hydrogens is 1630 g/mol. The molecule has 8 aromatic rings. The second-order valence-electron chi connectivity index (χ2n) is 34.6. The Balaban J connectivity index is 0.000000134. The van der Waals surface area contributed by atoms with Gasteiger partial charge in [-0.3, -0.25) is 39.1 Å². The van der Waals surface area contributed by atoms with Crippen LogP contribution in [0.1, 0.15) is 204 Å². The molecule has 4 saturated heterocycles. The van der Waals surface area contributed by atoms with Crippen LogP contribution in [0.15, 0.2) is 146 Å². The minimum atomic E-state index is -0.382. The average molecular weight is 1750 g/mol. The van der Waals surface area contributed by atoms with Gasteiger partial charge in [0.25, 0.3) is 0 Å². The molecule has 12 heterocycles. The van der Waals surface area contributed by atoms with E-state index in [0.717, 1.165) is 141 Å². The number of hydrogen-bond acceptors (Lipinski definition) is 19. The number of amides is 4. The number of rotatable bonds is 21. The molecule has 3 N–H and O–H groups in total. The SMILES string of the molecule is CC(C)NC[C@@H](C(=O)N1CCN(c2ccnc3c2[C@@H](C)OC3)CC1)c1ccc(Cl)cc1.CC(C)NC[C@@H](C(=O)N1CCN(c2ccnc3c2[C@H](C)OC3)CC1)c1ccc(Cl)cc1.CC(C)NC[C@H](C(=O)N1CCN(c2ccnc3c2[C@@H](C)OC3)CC1)c1ccc(Cl)cc1.C[C@@H]1OCc2nccc(N3CCN(C(=O)C4(c5ccc(Cl)cc5)CCCC4)CC3)c21. The molecule has 0 bridgehead atoms. The van der Waals surface area contributed by atoms with Crippen molar-refractivity contribution in [2.24, 2.45) is 0 Å². The molecule has 8 aliphatic heterocycles. The van der Waals surface area contributed by atoms with Crippen molar-refractivity contribution in [2.75, 3.05) is 144 Å². The summed E-state index contributed by atoms with van der Waals surface area (Å²) in [5.41, 5.74) is 17.5. The number of nitrogens with zero attached hydrogens (tertiary/aromatic N) is 12. The first-order valence-electron chi connectivity index (χ1n) is 44.2. The molecule has 4 amide bonds. The van der Waals surface area contributed by atoms with Gasteiger partial charge in [0.2, 0.25) is 23.6 Å². The number of carbonyl (C=O) groups is 4. The lowest BCUT2D eigenvalue weighted by molar-refractivity contribution is -0.138. The van der Waals surface area contributed by atoms with E-state index in [1.807, 2.05) is 137 Å². The highest BCUT2D eigenvalue weighted by Gasteiger charge is 2.46. The Kier molecular flexibility index (Phi) is 30.7. The van der Waals surface area contributed by atoms with Gasteiger partial charge in [-0.1, -0.05) is 149 Å². The van der Waals surface area contributed by atoms with E-state index in [1.165, 1.54) is 45.0 Å². The zero-order valence-electron chi connectivity index (χ0n) is 72.9. The van der Waals surface area contributed by atoms with Crippen molar-refractivity contribution in [2.45, 2.75) is 187 Å². The van der Waals surface area contributed by atoms with Crippen LogP contribution in [0.5, 0.6) is 0 Å². The first-order valence-corrected chi connectivity index (χ1v) is 45.7. The number of pyridine rings is 4. The lowest BCUT2D eigenvalue weighted by atomic mass is 9.77. The van der Waals surface area contributed by atoms with E-state index in [9.17, 15) is 19.2 Å². The Morgan fingerprint density at radius 2 is 0.585 bits per heavy atom. The Morgan fingerprint density at radius 3 is 0.829 bits per heavy atom. The topological polar surface area (TPSA) is 219 Å². The molecule has 4 aromatic carbocycles. The number of hydrogen-bond donors (Lipinski definition) is 3. The van der Waals surface area contributed by atoms with Gasteiger partial charge in [-0.05, 0) is 136 Å². The maximum Gasteiger partial charge on any atom is 0.233 e. The van der Waals surface area contributed by atoms with Gasteiger partial charge in [0.05, 0.1) is 96.8 Å². The third kappa shape index (κ3) is 21.6. The first kappa shape index (κ1) is 90.7. The molecule has 23 nitrogen and oxygen atoms in total. The van der Waals surface area contributed by atoms with Crippen LogP contribution in [0.4, 0.5) is 22.7 Å². The summed E-state index contributed by atoms with van der Waals surface area (Å²) in [7, 11) is 0. The zero-order valence-corrected chi connectivity index (χ0v) is 75.9. The van der Waals surface area contributed by atoms with Gasteiger partial charge in [-0.15, -0.1) is 0 Å². The van der Waals surface area contributed by atoms with Gasteiger partial charge in [-0.2, -0.15) is 0 Å². The van der Waals surface area contributed by atoms with Crippen molar-refractivity contribution in [3.63, 3.8) is 0 Å². The second-order valence-corrected chi connectivity index (χ2v) is 36.3. The molecule has 1 saturated carbocycles. The number of ether oxygens (including phenoxy) is 4. The molecule has 27 heteroatoms. The van der Waals surface area contributed by atoms with E-state index >= 15 is 0 Å². The number of piperazine rings is 4. The van der Waals surface area contributed by atoms with E-state index in [0.29, 0.717) is 124 Å². The summed E-state index contributed by atoms with van der Waals surface area (Å²) in [5.74, 6) is 0.156. The summed E-state index contributed by atoms with van der Waals surface area (Å²) in [4.78, 5) is 89.6. The predicted molar refractivity (Wildman–Crippen MR) is 489 cm³/mol. The lowest BCUT2D eigenvalue weighted by Crippen LogP contribution is -2.54. The van der Waals surface area contributed by atoms with E-state index in [4.69, 9.17) is 65.4 Å². The average Bonchev–Trinajstić information content (AvgIpc) is 1.79. The quantitative estimate of drug-likeness (QED) is 0.0609. The van der Waals surface area contributed by atoms with Crippen LogP contribution >= 0.6 is 46.4 Å². The van der Waals surface area contributed by atoms with Gasteiger partial charge >= 0.3 is 0 Å².